The van der Waals surface area contributed by atoms with Crippen LogP contribution in [0.3, 0.4) is 0 Å². The predicted octanol–water partition coefficient (Wildman–Crippen LogP) is 1.37. The lowest BCUT2D eigenvalue weighted by Gasteiger charge is -2.34. The normalized spacial score (nSPS) is 23.2. The number of rotatable bonds is 5. The van der Waals surface area contributed by atoms with Gasteiger partial charge in [0.15, 0.2) is 0 Å². The zero-order chi connectivity index (χ0) is 19.7. The van der Waals surface area contributed by atoms with Gasteiger partial charge in [0, 0.05) is 44.8 Å². The number of piperidine rings is 1. The number of aromatic nitrogens is 1. The molecule has 7 nitrogen and oxygen atoms in total. The molecule has 2 saturated heterocycles. The van der Waals surface area contributed by atoms with Crippen LogP contribution >= 0.6 is 0 Å². The third-order valence-corrected chi connectivity index (χ3v) is 6.10. The molecule has 150 valence electrons. The van der Waals surface area contributed by atoms with Crippen LogP contribution in [0.4, 0.5) is 0 Å². The summed E-state index contributed by atoms with van der Waals surface area (Å²) in [7, 11) is 0. The summed E-state index contributed by atoms with van der Waals surface area (Å²) in [6.45, 7) is 4.50. The van der Waals surface area contributed by atoms with Crippen LogP contribution in [-0.4, -0.2) is 64.7 Å². The summed E-state index contributed by atoms with van der Waals surface area (Å²) in [6.07, 6.45) is 5.86. The number of likely N-dealkylation sites (tertiary alicyclic amines) is 2. The summed E-state index contributed by atoms with van der Waals surface area (Å²) in [4.78, 5) is 45.2. The number of amides is 3. The zero-order valence-corrected chi connectivity index (χ0v) is 16.4. The number of hydrogen-bond acceptors (Lipinski definition) is 4. The fourth-order valence-corrected chi connectivity index (χ4v) is 4.16. The predicted molar refractivity (Wildman–Crippen MR) is 103 cm³/mol. The highest BCUT2D eigenvalue weighted by Crippen LogP contribution is 2.26. The minimum absolute atomic E-state index is 0.00869. The van der Waals surface area contributed by atoms with Crippen molar-refractivity contribution in [2.45, 2.75) is 45.1 Å². The maximum Gasteiger partial charge on any atom is 0.272 e. The van der Waals surface area contributed by atoms with Crippen molar-refractivity contribution in [2.24, 2.45) is 11.8 Å². The Kier molecular flexibility index (Phi) is 5.33. The number of aryl methyl sites for hydroxylation is 1. The minimum Gasteiger partial charge on any atom is -0.353 e. The molecular formula is C21H28N4O3. The van der Waals surface area contributed by atoms with E-state index in [2.05, 4.69) is 10.3 Å². The maximum atomic E-state index is 12.7. The van der Waals surface area contributed by atoms with E-state index in [4.69, 9.17) is 0 Å². The molecule has 3 fully saturated rings. The summed E-state index contributed by atoms with van der Waals surface area (Å²) in [5.41, 5.74) is 1.42. The van der Waals surface area contributed by atoms with E-state index in [-0.39, 0.29) is 23.6 Å². The van der Waals surface area contributed by atoms with Crippen molar-refractivity contribution in [1.82, 2.24) is 20.1 Å². The number of hydrogen-bond donors (Lipinski definition) is 1. The molecular weight excluding hydrogens is 356 g/mol. The quantitative estimate of drug-likeness (QED) is 0.831. The molecule has 0 bridgehead atoms. The Bertz CT molecular complexity index is 769. The van der Waals surface area contributed by atoms with Gasteiger partial charge in [0.1, 0.15) is 5.69 Å². The van der Waals surface area contributed by atoms with Crippen LogP contribution < -0.4 is 5.32 Å². The van der Waals surface area contributed by atoms with E-state index in [1.165, 1.54) is 0 Å². The van der Waals surface area contributed by atoms with E-state index in [0.29, 0.717) is 50.3 Å². The first-order valence-electron chi connectivity index (χ1n) is 10.3. The summed E-state index contributed by atoms with van der Waals surface area (Å²) in [6, 6.07) is 4.08. The molecule has 1 aromatic heterocycles. The second kappa shape index (κ2) is 7.89. The van der Waals surface area contributed by atoms with Gasteiger partial charge in [-0.25, -0.2) is 0 Å². The highest BCUT2D eigenvalue weighted by molar-refractivity contribution is 5.93. The highest BCUT2D eigenvalue weighted by atomic mass is 16.2. The second-order valence-corrected chi connectivity index (χ2v) is 8.39. The third-order valence-electron chi connectivity index (χ3n) is 6.10. The number of carbonyl (C=O) groups is 3. The molecule has 0 spiro atoms. The van der Waals surface area contributed by atoms with Crippen LogP contribution in [0.15, 0.2) is 18.3 Å². The Morgan fingerprint density at radius 3 is 2.64 bits per heavy atom. The smallest absolute Gasteiger partial charge is 0.272 e. The van der Waals surface area contributed by atoms with Crippen LogP contribution in [0.25, 0.3) is 0 Å². The van der Waals surface area contributed by atoms with E-state index >= 15 is 0 Å². The molecule has 1 aliphatic carbocycles. The first kappa shape index (κ1) is 18.9. The molecule has 2 aliphatic heterocycles. The van der Waals surface area contributed by atoms with Gasteiger partial charge >= 0.3 is 0 Å². The molecule has 0 radical (unpaired) electrons. The molecule has 3 amide bonds. The fourth-order valence-electron chi connectivity index (χ4n) is 4.16. The number of carbonyl (C=O) groups excluding carboxylic acids is 3. The van der Waals surface area contributed by atoms with Gasteiger partial charge in [-0.15, -0.1) is 0 Å². The van der Waals surface area contributed by atoms with Crippen LogP contribution in [0.5, 0.6) is 0 Å². The van der Waals surface area contributed by atoms with Crippen molar-refractivity contribution in [3.05, 3.63) is 29.6 Å². The maximum absolute atomic E-state index is 12.7. The van der Waals surface area contributed by atoms with E-state index in [9.17, 15) is 14.4 Å². The van der Waals surface area contributed by atoms with Crippen molar-refractivity contribution < 1.29 is 14.4 Å². The van der Waals surface area contributed by atoms with Crippen molar-refractivity contribution in [3.63, 3.8) is 0 Å². The summed E-state index contributed by atoms with van der Waals surface area (Å²) in [5, 5.41) is 3.01. The Labute approximate surface area is 165 Å². The average Bonchev–Trinajstić information content (AvgIpc) is 3.43. The SMILES string of the molecule is Cc1cccnc1C(=O)N1CCC(CN2CC(C(=O)NC3CC3)CC2=O)CC1. The molecule has 7 heteroatoms. The minimum atomic E-state index is -0.207. The van der Waals surface area contributed by atoms with Crippen molar-refractivity contribution >= 4 is 17.7 Å². The van der Waals surface area contributed by atoms with Gasteiger partial charge in [0.05, 0.1) is 5.92 Å². The molecule has 3 aliphatic rings. The molecule has 1 saturated carbocycles. The van der Waals surface area contributed by atoms with E-state index in [1.807, 2.05) is 28.9 Å². The Morgan fingerprint density at radius 2 is 1.96 bits per heavy atom. The third kappa shape index (κ3) is 4.18. The first-order chi connectivity index (χ1) is 13.5. The lowest BCUT2D eigenvalue weighted by atomic mass is 9.95. The molecule has 1 aromatic rings. The molecule has 0 aromatic carbocycles. The van der Waals surface area contributed by atoms with Crippen molar-refractivity contribution in [3.8, 4) is 0 Å². The lowest BCUT2D eigenvalue weighted by Crippen LogP contribution is -2.42. The first-order valence-corrected chi connectivity index (χ1v) is 10.3. The molecule has 1 unspecified atom stereocenters. The van der Waals surface area contributed by atoms with Crippen molar-refractivity contribution in [1.29, 1.82) is 0 Å². The van der Waals surface area contributed by atoms with Gasteiger partial charge in [-0.05, 0) is 50.2 Å². The van der Waals surface area contributed by atoms with Gasteiger partial charge < -0.3 is 15.1 Å². The number of pyridine rings is 1. The van der Waals surface area contributed by atoms with Crippen LogP contribution in [-0.2, 0) is 9.59 Å². The Balaban J connectivity index is 1.26. The van der Waals surface area contributed by atoms with Crippen LogP contribution in [0.1, 0.15) is 48.2 Å². The van der Waals surface area contributed by atoms with Gasteiger partial charge in [-0.1, -0.05) is 6.07 Å². The topological polar surface area (TPSA) is 82.6 Å². The van der Waals surface area contributed by atoms with Gasteiger partial charge in [-0.3, -0.25) is 19.4 Å². The fraction of sp³-hybridized carbons (Fsp3) is 0.619. The largest absolute Gasteiger partial charge is 0.353 e. The zero-order valence-electron chi connectivity index (χ0n) is 16.4. The van der Waals surface area contributed by atoms with E-state index in [1.54, 1.807) is 6.20 Å². The Morgan fingerprint density at radius 1 is 1.21 bits per heavy atom. The standard InChI is InChI=1S/C21H28N4O3/c1-14-3-2-8-22-19(14)21(28)24-9-6-15(7-10-24)12-25-13-16(11-18(25)26)20(27)23-17-4-5-17/h2-3,8,15-17H,4-7,9-13H2,1H3,(H,23,27). The van der Waals surface area contributed by atoms with Crippen LogP contribution in [0, 0.1) is 18.8 Å². The van der Waals surface area contributed by atoms with E-state index < -0.39 is 0 Å². The lowest BCUT2D eigenvalue weighted by molar-refractivity contribution is -0.129. The molecule has 4 rings (SSSR count). The van der Waals surface area contributed by atoms with Crippen LogP contribution in [0.2, 0.25) is 0 Å². The summed E-state index contributed by atoms with van der Waals surface area (Å²) < 4.78 is 0. The number of nitrogens with one attached hydrogen (secondary N) is 1. The molecule has 3 heterocycles. The van der Waals surface area contributed by atoms with E-state index in [0.717, 1.165) is 31.2 Å². The number of nitrogens with zero attached hydrogens (tertiary/aromatic N) is 3. The summed E-state index contributed by atoms with van der Waals surface area (Å²) >= 11 is 0. The van der Waals surface area contributed by atoms with Gasteiger partial charge in [0.2, 0.25) is 11.8 Å². The van der Waals surface area contributed by atoms with Crippen molar-refractivity contribution in [2.75, 3.05) is 26.2 Å². The van der Waals surface area contributed by atoms with Gasteiger partial charge in [0.25, 0.3) is 5.91 Å². The monoisotopic (exact) mass is 384 g/mol. The van der Waals surface area contributed by atoms with Gasteiger partial charge in [-0.2, -0.15) is 0 Å². The highest BCUT2D eigenvalue weighted by Gasteiger charge is 2.37. The average molecular weight is 384 g/mol. The summed E-state index contributed by atoms with van der Waals surface area (Å²) in [5.74, 6) is 0.277. The Hall–Kier alpha value is -2.44. The molecule has 1 atom stereocenters. The second-order valence-electron chi connectivity index (χ2n) is 8.39. The molecule has 1 N–H and O–H groups in total. The molecule has 28 heavy (non-hydrogen) atoms.